The number of aryl methyl sites for hydroxylation is 2. The molecular formula is C15H14N4OS. The van der Waals surface area contributed by atoms with Crippen LogP contribution < -0.4 is 5.56 Å². The van der Waals surface area contributed by atoms with Gasteiger partial charge in [-0.25, -0.2) is 0 Å². The Balaban J connectivity index is 2.15. The minimum Gasteiger partial charge on any atom is -0.362 e. The lowest BCUT2D eigenvalue weighted by molar-refractivity contribution is 0.799. The Morgan fingerprint density at radius 2 is 2.00 bits per heavy atom. The van der Waals surface area contributed by atoms with E-state index in [1.54, 1.807) is 12.3 Å². The van der Waals surface area contributed by atoms with Gasteiger partial charge < -0.3 is 9.97 Å². The molecule has 5 nitrogen and oxygen atoms in total. The summed E-state index contributed by atoms with van der Waals surface area (Å²) in [4.78, 5) is 18.6. The smallest absolute Gasteiger partial charge is 0.282 e. The van der Waals surface area contributed by atoms with E-state index in [9.17, 15) is 4.79 Å². The van der Waals surface area contributed by atoms with E-state index in [1.807, 2.05) is 38.1 Å². The molecule has 0 amide bonds. The van der Waals surface area contributed by atoms with Crippen molar-refractivity contribution in [3.8, 4) is 0 Å². The molecule has 0 aliphatic rings. The largest absolute Gasteiger partial charge is 0.362 e. The summed E-state index contributed by atoms with van der Waals surface area (Å²) in [7, 11) is 0. The molecule has 0 radical (unpaired) electrons. The number of hydrogen-bond donors (Lipinski definition) is 2. The van der Waals surface area contributed by atoms with Crippen LogP contribution in [-0.4, -0.2) is 20.9 Å². The number of nitrogens with one attached hydrogen (secondary N) is 2. The number of nitrogens with zero attached hydrogens (tertiary/aromatic N) is 2. The third-order valence-electron chi connectivity index (χ3n) is 3.29. The molecule has 0 spiro atoms. The first kappa shape index (κ1) is 13.5. The van der Waals surface area contributed by atoms with Crippen molar-refractivity contribution >= 4 is 29.3 Å². The average molecular weight is 298 g/mol. The van der Waals surface area contributed by atoms with Crippen molar-refractivity contribution in [3.05, 3.63) is 62.4 Å². The normalized spacial score (nSPS) is 11.5. The van der Waals surface area contributed by atoms with Crippen LogP contribution >= 0.6 is 12.2 Å². The predicted octanol–water partition coefficient (Wildman–Crippen LogP) is 2.89. The number of aromatic nitrogens is 3. The van der Waals surface area contributed by atoms with Gasteiger partial charge in [-0.3, -0.25) is 4.79 Å². The van der Waals surface area contributed by atoms with Gasteiger partial charge in [-0.2, -0.15) is 9.78 Å². The summed E-state index contributed by atoms with van der Waals surface area (Å²) in [6.07, 6.45) is 1.64. The van der Waals surface area contributed by atoms with Crippen LogP contribution in [0.4, 0.5) is 0 Å². The van der Waals surface area contributed by atoms with Crippen molar-refractivity contribution < 1.29 is 0 Å². The lowest BCUT2D eigenvalue weighted by Gasteiger charge is -2.02. The summed E-state index contributed by atoms with van der Waals surface area (Å²) in [6, 6.07) is 9.21. The molecule has 2 aromatic heterocycles. The first-order valence-corrected chi connectivity index (χ1v) is 6.92. The van der Waals surface area contributed by atoms with E-state index in [0.717, 1.165) is 17.0 Å². The number of benzene rings is 1. The maximum absolute atomic E-state index is 12.4. The fraction of sp³-hybridized carbons (Fsp3) is 0.133. The van der Waals surface area contributed by atoms with E-state index in [4.69, 9.17) is 12.2 Å². The fourth-order valence-electron chi connectivity index (χ4n) is 2.26. The van der Waals surface area contributed by atoms with E-state index in [2.05, 4.69) is 15.1 Å². The van der Waals surface area contributed by atoms with Crippen molar-refractivity contribution in [2.24, 2.45) is 5.10 Å². The number of rotatable bonds is 2. The second kappa shape index (κ2) is 5.14. The van der Waals surface area contributed by atoms with E-state index in [0.29, 0.717) is 10.9 Å². The van der Waals surface area contributed by atoms with E-state index in [1.165, 1.54) is 4.68 Å². The van der Waals surface area contributed by atoms with Crippen LogP contribution in [0.2, 0.25) is 0 Å². The van der Waals surface area contributed by atoms with Gasteiger partial charge in [0.2, 0.25) is 4.77 Å². The quantitative estimate of drug-likeness (QED) is 0.564. The van der Waals surface area contributed by atoms with Crippen LogP contribution in [0.5, 0.6) is 0 Å². The van der Waals surface area contributed by atoms with Crippen molar-refractivity contribution in [2.75, 3.05) is 0 Å². The molecule has 6 heteroatoms. The van der Waals surface area contributed by atoms with Crippen molar-refractivity contribution in [1.82, 2.24) is 14.6 Å². The molecule has 1 aromatic carbocycles. The van der Waals surface area contributed by atoms with Gasteiger partial charge in [0.15, 0.2) is 0 Å². The Morgan fingerprint density at radius 1 is 1.24 bits per heavy atom. The molecular weight excluding hydrogens is 284 g/mol. The van der Waals surface area contributed by atoms with Crippen LogP contribution in [0.15, 0.2) is 40.2 Å². The van der Waals surface area contributed by atoms with E-state index in [-0.39, 0.29) is 10.3 Å². The highest BCUT2D eigenvalue weighted by molar-refractivity contribution is 7.71. The van der Waals surface area contributed by atoms with Crippen LogP contribution in [0.3, 0.4) is 0 Å². The molecule has 106 valence electrons. The second-order valence-corrected chi connectivity index (χ2v) is 5.26. The van der Waals surface area contributed by atoms with Crippen LogP contribution in [0.25, 0.3) is 10.9 Å². The topological polar surface area (TPSA) is 65.9 Å². The molecule has 0 aliphatic carbocycles. The molecule has 0 saturated heterocycles. The zero-order valence-electron chi connectivity index (χ0n) is 11.7. The minimum atomic E-state index is -0.226. The Kier molecular flexibility index (Phi) is 3.31. The number of fused-ring (bicyclic) bond motifs is 1. The molecule has 2 heterocycles. The molecule has 3 aromatic rings. The summed E-state index contributed by atoms with van der Waals surface area (Å²) in [5.41, 5.74) is 3.47. The monoisotopic (exact) mass is 298 g/mol. The summed E-state index contributed by atoms with van der Waals surface area (Å²) in [5.74, 6) is 0. The van der Waals surface area contributed by atoms with Crippen molar-refractivity contribution in [3.63, 3.8) is 0 Å². The maximum Gasteiger partial charge on any atom is 0.282 e. The third-order valence-corrected chi connectivity index (χ3v) is 3.56. The first-order chi connectivity index (χ1) is 10.1. The van der Waals surface area contributed by atoms with Gasteiger partial charge in [0.25, 0.3) is 5.56 Å². The summed E-state index contributed by atoms with van der Waals surface area (Å²) < 4.78 is 1.49. The van der Waals surface area contributed by atoms with Gasteiger partial charge in [-0.1, -0.05) is 12.1 Å². The molecule has 3 rings (SSSR count). The Bertz CT molecular complexity index is 962. The molecule has 0 bridgehead atoms. The highest BCUT2D eigenvalue weighted by Gasteiger charge is 2.04. The third kappa shape index (κ3) is 2.45. The Labute approximate surface area is 126 Å². The SMILES string of the molecule is Cc1cc(/C=N/n2c(=S)[nH]c3ccccc3c2=O)c(C)[nH]1. The summed E-state index contributed by atoms with van der Waals surface area (Å²) in [6.45, 7) is 3.93. The molecule has 0 aliphatic heterocycles. The van der Waals surface area contributed by atoms with E-state index < -0.39 is 0 Å². The van der Waals surface area contributed by atoms with Gasteiger partial charge >= 0.3 is 0 Å². The van der Waals surface area contributed by atoms with Crippen LogP contribution in [0, 0.1) is 18.6 Å². The lowest BCUT2D eigenvalue weighted by Crippen LogP contribution is -2.18. The molecule has 2 N–H and O–H groups in total. The standard InChI is InChI=1S/C15H14N4OS/c1-9-7-11(10(2)17-9)8-16-19-14(20)12-5-3-4-6-13(12)18-15(19)21/h3-8,17H,1-2H3,(H,18,21)/b16-8+. The highest BCUT2D eigenvalue weighted by atomic mass is 32.1. The molecule has 0 unspecified atom stereocenters. The van der Waals surface area contributed by atoms with Crippen LogP contribution in [-0.2, 0) is 0 Å². The van der Waals surface area contributed by atoms with Crippen molar-refractivity contribution in [2.45, 2.75) is 13.8 Å². The van der Waals surface area contributed by atoms with E-state index >= 15 is 0 Å². The van der Waals surface area contributed by atoms with Gasteiger partial charge in [0, 0.05) is 17.0 Å². The van der Waals surface area contributed by atoms with Gasteiger partial charge in [0.05, 0.1) is 17.1 Å². The maximum atomic E-state index is 12.4. The van der Waals surface area contributed by atoms with Crippen molar-refractivity contribution in [1.29, 1.82) is 0 Å². The number of aromatic amines is 2. The number of H-pyrrole nitrogens is 2. The number of para-hydroxylation sites is 1. The second-order valence-electron chi connectivity index (χ2n) is 4.87. The molecule has 21 heavy (non-hydrogen) atoms. The highest BCUT2D eigenvalue weighted by Crippen LogP contribution is 2.08. The Morgan fingerprint density at radius 3 is 2.71 bits per heavy atom. The molecule has 0 atom stereocenters. The zero-order valence-corrected chi connectivity index (χ0v) is 12.5. The van der Waals surface area contributed by atoms with Gasteiger partial charge in [-0.15, -0.1) is 0 Å². The zero-order chi connectivity index (χ0) is 15.0. The number of hydrogen-bond acceptors (Lipinski definition) is 3. The van der Waals surface area contributed by atoms with Crippen LogP contribution in [0.1, 0.15) is 17.0 Å². The molecule has 0 saturated carbocycles. The molecule has 0 fully saturated rings. The van der Waals surface area contributed by atoms with Gasteiger partial charge in [-0.05, 0) is 44.3 Å². The fourth-order valence-corrected chi connectivity index (χ4v) is 2.50. The average Bonchev–Trinajstić information content (AvgIpc) is 2.77. The summed E-state index contributed by atoms with van der Waals surface area (Å²) >= 11 is 5.21. The predicted molar refractivity (Wildman–Crippen MR) is 86.7 cm³/mol. The lowest BCUT2D eigenvalue weighted by atomic mass is 10.2. The summed E-state index contributed by atoms with van der Waals surface area (Å²) in [5, 5.41) is 4.78. The first-order valence-electron chi connectivity index (χ1n) is 6.51. The van der Waals surface area contributed by atoms with Gasteiger partial charge in [0.1, 0.15) is 0 Å². The minimum absolute atomic E-state index is 0.226. The Hall–Kier alpha value is -2.47.